The molecule has 106 valence electrons. The third kappa shape index (κ3) is 5.16. The number of nitrogens with zero attached hydrogens (tertiary/aromatic N) is 1. The molecule has 0 radical (unpaired) electrons. The molecule has 0 aliphatic carbocycles. The summed E-state index contributed by atoms with van der Waals surface area (Å²) in [4.78, 5) is 2.47. The standard InChI is InChI=1S/C18H24N2/c1-16(19)12-13-20(14-17-8-4-2-5-9-17)15-18-10-6-3-7-11-18/h2-11,16H,12-15,19H2,1H3. The number of hydrogen-bond acceptors (Lipinski definition) is 2. The summed E-state index contributed by atoms with van der Waals surface area (Å²) in [6.07, 6.45) is 1.03. The van der Waals surface area contributed by atoms with Crippen molar-refractivity contribution >= 4 is 0 Å². The Bertz CT molecular complexity index is 438. The van der Waals surface area contributed by atoms with Crippen molar-refractivity contribution in [3.8, 4) is 0 Å². The third-order valence-electron chi connectivity index (χ3n) is 3.40. The van der Waals surface area contributed by atoms with E-state index in [1.165, 1.54) is 11.1 Å². The molecule has 0 fully saturated rings. The van der Waals surface area contributed by atoms with Gasteiger partial charge in [-0.25, -0.2) is 0 Å². The second kappa shape index (κ2) is 7.83. The van der Waals surface area contributed by atoms with Crippen molar-refractivity contribution in [3.63, 3.8) is 0 Å². The summed E-state index contributed by atoms with van der Waals surface area (Å²) < 4.78 is 0. The topological polar surface area (TPSA) is 29.3 Å². The van der Waals surface area contributed by atoms with Crippen LogP contribution in [0, 0.1) is 0 Å². The summed E-state index contributed by atoms with van der Waals surface area (Å²) in [6.45, 7) is 5.05. The molecular formula is C18H24N2. The molecule has 0 amide bonds. The zero-order chi connectivity index (χ0) is 14.2. The quantitative estimate of drug-likeness (QED) is 0.833. The summed E-state index contributed by atoms with van der Waals surface area (Å²) in [5.74, 6) is 0. The predicted molar refractivity (Wildman–Crippen MR) is 85.3 cm³/mol. The van der Waals surface area contributed by atoms with Gasteiger partial charge < -0.3 is 5.73 Å². The van der Waals surface area contributed by atoms with Crippen LogP contribution in [0.5, 0.6) is 0 Å². The van der Waals surface area contributed by atoms with Crippen molar-refractivity contribution in [2.75, 3.05) is 6.54 Å². The Morgan fingerprint density at radius 1 is 0.850 bits per heavy atom. The van der Waals surface area contributed by atoms with Crippen LogP contribution in [0.15, 0.2) is 60.7 Å². The van der Waals surface area contributed by atoms with Crippen LogP contribution in [0.4, 0.5) is 0 Å². The van der Waals surface area contributed by atoms with Gasteiger partial charge in [0.25, 0.3) is 0 Å². The van der Waals surface area contributed by atoms with Gasteiger partial charge >= 0.3 is 0 Å². The first-order valence-electron chi connectivity index (χ1n) is 7.30. The Balaban J connectivity index is 2.00. The van der Waals surface area contributed by atoms with Crippen LogP contribution in [0.1, 0.15) is 24.5 Å². The van der Waals surface area contributed by atoms with Crippen LogP contribution in [0.3, 0.4) is 0 Å². The minimum absolute atomic E-state index is 0.254. The summed E-state index contributed by atoms with van der Waals surface area (Å²) >= 11 is 0. The predicted octanol–water partition coefficient (Wildman–Crippen LogP) is 3.43. The first-order valence-corrected chi connectivity index (χ1v) is 7.30. The van der Waals surface area contributed by atoms with Crippen LogP contribution in [-0.4, -0.2) is 17.5 Å². The molecule has 0 bridgehead atoms. The van der Waals surface area contributed by atoms with Crippen LogP contribution in [-0.2, 0) is 13.1 Å². The van der Waals surface area contributed by atoms with Gasteiger partial charge in [-0.1, -0.05) is 60.7 Å². The smallest absolute Gasteiger partial charge is 0.0237 e. The summed E-state index contributed by atoms with van der Waals surface area (Å²) in [6, 6.07) is 21.5. The molecule has 0 aliphatic rings. The fraction of sp³-hybridized carbons (Fsp3) is 0.333. The Hall–Kier alpha value is -1.64. The summed E-state index contributed by atoms with van der Waals surface area (Å²) in [5, 5.41) is 0. The highest BCUT2D eigenvalue weighted by Gasteiger charge is 2.08. The largest absolute Gasteiger partial charge is 0.328 e. The van der Waals surface area contributed by atoms with Gasteiger partial charge in [-0.3, -0.25) is 4.90 Å². The maximum Gasteiger partial charge on any atom is 0.0237 e. The van der Waals surface area contributed by atoms with Crippen LogP contribution in [0.25, 0.3) is 0 Å². The maximum absolute atomic E-state index is 5.90. The van der Waals surface area contributed by atoms with E-state index in [-0.39, 0.29) is 6.04 Å². The van der Waals surface area contributed by atoms with E-state index in [0.717, 1.165) is 26.1 Å². The maximum atomic E-state index is 5.90. The van der Waals surface area contributed by atoms with Gasteiger partial charge in [-0.2, -0.15) is 0 Å². The zero-order valence-electron chi connectivity index (χ0n) is 12.2. The molecule has 0 saturated heterocycles. The zero-order valence-corrected chi connectivity index (χ0v) is 12.2. The van der Waals surface area contributed by atoms with E-state index in [0.29, 0.717) is 0 Å². The molecule has 0 aromatic heterocycles. The second-order valence-corrected chi connectivity index (χ2v) is 5.45. The van der Waals surface area contributed by atoms with Crippen molar-refractivity contribution in [2.24, 2.45) is 5.73 Å². The van der Waals surface area contributed by atoms with Gasteiger partial charge in [0.2, 0.25) is 0 Å². The highest BCUT2D eigenvalue weighted by Crippen LogP contribution is 2.10. The average molecular weight is 268 g/mol. The molecule has 0 saturated carbocycles. The fourth-order valence-corrected chi connectivity index (χ4v) is 2.28. The van der Waals surface area contributed by atoms with Crippen molar-refractivity contribution in [1.29, 1.82) is 0 Å². The minimum atomic E-state index is 0.254. The van der Waals surface area contributed by atoms with E-state index in [1.807, 2.05) is 0 Å². The van der Waals surface area contributed by atoms with Crippen molar-refractivity contribution in [3.05, 3.63) is 71.8 Å². The first kappa shape index (κ1) is 14.8. The van der Waals surface area contributed by atoms with Gasteiger partial charge in [0.05, 0.1) is 0 Å². The van der Waals surface area contributed by atoms with Gasteiger partial charge in [0.1, 0.15) is 0 Å². The Kier molecular flexibility index (Phi) is 5.78. The molecule has 20 heavy (non-hydrogen) atoms. The molecule has 2 rings (SSSR count). The number of hydrogen-bond donors (Lipinski definition) is 1. The van der Waals surface area contributed by atoms with E-state index >= 15 is 0 Å². The molecule has 2 heteroatoms. The SMILES string of the molecule is CC(N)CCN(Cc1ccccc1)Cc1ccccc1. The molecule has 0 spiro atoms. The molecule has 2 nitrogen and oxygen atoms in total. The molecule has 0 aliphatic heterocycles. The first-order chi connectivity index (χ1) is 9.74. The Labute approximate surface area is 122 Å². The molecule has 2 aromatic rings. The molecule has 2 N–H and O–H groups in total. The van der Waals surface area contributed by atoms with Crippen LogP contribution >= 0.6 is 0 Å². The fourth-order valence-electron chi connectivity index (χ4n) is 2.28. The van der Waals surface area contributed by atoms with E-state index < -0.39 is 0 Å². The van der Waals surface area contributed by atoms with Crippen molar-refractivity contribution < 1.29 is 0 Å². The Morgan fingerprint density at radius 3 is 1.70 bits per heavy atom. The lowest BCUT2D eigenvalue weighted by Crippen LogP contribution is -2.28. The third-order valence-corrected chi connectivity index (χ3v) is 3.40. The molecule has 1 unspecified atom stereocenters. The van der Waals surface area contributed by atoms with E-state index in [4.69, 9.17) is 5.73 Å². The number of benzene rings is 2. The normalized spacial score (nSPS) is 12.6. The molecule has 2 aromatic carbocycles. The Morgan fingerprint density at radius 2 is 1.30 bits per heavy atom. The number of nitrogens with two attached hydrogens (primary N) is 1. The van der Waals surface area contributed by atoms with Gasteiger partial charge in [0, 0.05) is 25.7 Å². The highest BCUT2D eigenvalue weighted by atomic mass is 15.1. The summed E-state index contributed by atoms with van der Waals surface area (Å²) in [7, 11) is 0. The van der Waals surface area contributed by atoms with E-state index in [1.54, 1.807) is 0 Å². The van der Waals surface area contributed by atoms with E-state index in [2.05, 4.69) is 72.5 Å². The van der Waals surface area contributed by atoms with Gasteiger partial charge in [-0.05, 0) is 24.5 Å². The lowest BCUT2D eigenvalue weighted by Gasteiger charge is -2.23. The summed E-state index contributed by atoms with van der Waals surface area (Å²) in [5.41, 5.74) is 8.61. The average Bonchev–Trinajstić information content (AvgIpc) is 2.47. The molecule has 0 heterocycles. The minimum Gasteiger partial charge on any atom is -0.328 e. The molecule has 1 atom stereocenters. The highest BCUT2D eigenvalue weighted by molar-refractivity contribution is 5.17. The lowest BCUT2D eigenvalue weighted by atomic mass is 10.1. The lowest BCUT2D eigenvalue weighted by molar-refractivity contribution is 0.248. The second-order valence-electron chi connectivity index (χ2n) is 5.45. The molecular weight excluding hydrogens is 244 g/mol. The van der Waals surface area contributed by atoms with Crippen molar-refractivity contribution in [1.82, 2.24) is 4.90 Å². The number of rotatable bonds is 7. The van der Waals surface area contributed by atoms with Gasteiger partial charge in [-0.15, -0.1) is 0 Å². The monoisotopic (exact) mass is 268 g/mol. The van der Waals surface area contributed by atoms with Crippen molar-refractivity contribution in [2.45, 2.75) is 32.5 Å². The van der Waals surface area contributed by atoms with Crippen LogP contribution in [0.2, 0.25) is 0 Å². The van der Waals surface area contributed by atoms with Gasteiger partial charge in [0.15, 0.2) is 0 Å². The van der Waals surface area contributed by atoms with E-state index in [9.17, 15) is 0 Å². The van der Waals surface area contributed by atoms with Crippen LogP contribution < -0.4 is 5.73 Å².